The number of carbonyl (C=O) groups is 1. The molecule has 0 aliphatic rings. The standard InChI is InChI=1S/C11H15BrN2O4S/c1-7(2)6-18-11(15)14-10-4-3-8(5-9(10)12)19(13,16)17/h3-5,7H,6H2,1-2H3,(H,14,15)(H2,13,16,17). The highest BCUT2D eigenvalue weighted by Crippen LogP contribution is 2.25. The van der Waals surface area contributed by atoms with Crippen LogP contribution in [0.4, 0.5) is 10.5 Å². The maximum atomic E-state index is 11.5. The molecule has 19 heavy (non-hydrogen) atoms. The Morgan fingerprint density at radius 3 is 2.58 bits per heavy atom. The second-order valence-corrected chi connectivity index (χ2v) is 6.72. The van der Waals surface area contributed by atoms with Crippen LogP contribution in [0.2, 0.25) is 0 Å². The van der Waals surface area contributed by atoms with Crippen LogP contribution in [0.25, 0.3) is 0 Å². The van der Waals surface area contributed by atoms with Crippen LogP contribution in [0.15, 0.2) is 27.6 Å². The van der Waals surface area contributed by atoms with Crippen LogP contribution >= 0.6 is 15.9 Å². The van der Waals surface area contributed by atoms with Crippen molar-refractivity contribution in [2.24, 2.45) is 11.1 Å². The highest BCUT2D eigenvalue weighted by molar-refractivity contribution is 9.10. The summed E-state index contributed by atoms with van der Waals surface area (Å²) in [5, 5.41) is 7.50. The van der Waals surface area contributed by atoms with Gasteiger partial charge in [0.2, 0.25) is 10.0 Å². The zero-order valence-electron chi connectivity index (χ0n) is 10.5. The average Bonchev–Trinajstić information content (AvgIpc) is 2.27. The van der Waals surface area contributed by atoms with E-state index in [2.05, 4.69) is 21.2 Å². The van der Waals surface area contributed by atoms with Crippen molar-refractivity contribution in [3.05, 3.63) is 22.7 Å². The summed E-state index contributed by atoms with van der Waals surface area (Å²) in [5.41, 5.74) is 0.404. The summed E-state index contributed by atoms with van der Waals surface area (Å²) in [5.74, 6) is 0.235. The Morgan fingerprint density at radius 2 is 2.11 bits per heavy atom. The lowest BCUT2D eigenvalue weighted by molar-refractivity contribution is 0.147. The number of rotatable bonds is 4. The van der Waals surface area contributed by atoms with E-state index in [1.54, 1.807) is 0 Å². The number of anilines is 1. The fourth-order valence-electron chi connectivity index (χ4n) is 1.16. The molecule has 0 heterocycles. The first-order chi connectivity index (χ1) is 8.70. The monoisotopic (exact) mass is 350 g/mol. The molecule has 0 fully saturated rings. The van der Waals surface area contributed by atoms with Gasteiger partial charge in [-0.25, -0.2) is 18.4 Å². The summed E-state index contributed by atoms with van der Waals surface area (Å²) in [6.45, 7) is 4.15. The van der Waals surface area contributed by atoms with E-state index >= 15 is 0 Å². The highest BCUT2D eigenvalue weighted by atomic mass is 79.9. The van der Waals surface area contributed by atoms with Crippen molar-refractivity contribution >= 4 is 37.7 Å². The molecule has 106 valence electrons. The van der Waals surface area contributed by atoms with Gasteiger partial charge < -0.3 is 4.74 Å². The van der Waals surface area contributed by atoms with Crippen LogP contribution in [0, 0.1) is 5.92 Å². The van der Waals surface area contributed by atoms with Crippen LogP contribution in [0.3, 0.4) is 0 Å². The SMILES string of the molecule is CC(C)COC(=O)Nc1ccc(S(N)(=O)=O)cc1Br. The predicted octanol–water partition coefficient (Wildman–Crippen LogP) is 2.30. The van der Waals surface area contributed by atoms with Gasteiger partial charge in [0.05, 0.1) is 17.2 Å². The molecule has 1 aromatic rings. The van der Waals surface area contributed by atoms with Crippen LogP contribution in [-0.2, 0) is 14.8 Å². The van der Waals surface area contributed by atoms with E-state index in [4.69, 9.17) is 9.88 Å². The Bertz CT molecular complexity index is 572. The summed E-state index contributed by atoms with van der Waals surface area (Å²) < 4.78 is 27.6. The normalized spacial score (nSPS) is 11.4. The molecule has 6 nitrogen and oxygen atoms in total. The fourth-order valence-corrected chi connectivity index (χ4v) is 2.33. The number of hydrogen-bond donors (Lipinski definition) is 2. The van der Waals surface area contributed by atoms with E-state index in [1.807, 2.05) is 13.8 Å². The molecular formula is C11H15BrN2O4S. The van der Waals surface area contributed by atoms with Crippen LogP contribution in [0.5, 0.6) is 0 Å². The van der Waals surface area contributed by atoms with Crippen LogP contribution in [0.1, 0.15) is 13.8 Å². The quantitative estimate of drug-likeness (QED) is 0.870. The van der Waals surface area contributed by atoms with Crippen molar-refractivity contribution in [2.75, 3.05) is 11.9 Å². The van der Waals surface area contributed by atoms with Gasteiger partial charge in [0.1, 0.15) is 0 Å². The number of nitrogens with two attached hydrogens (primary N) is 1. The molecular weight excluding hydrogens is 336 g/mol. The maximum Gasteiger partial charge on any atom is 0.411 e. The molecule has 0 unspecified atom stereocenters. The lowest BCUT2D eigenvalue weighted by atomic mass is 10.2. The molecule has 1 rings (SSSR count). The second-order valence-electron chi connectivity index (χ2n) is 4.30. The molecule has 0 saturated heterocycles. The Morgan fingerprint density at radius 1 is 1.47 bits per heavy atom. The zero-order valence-corrected chi connectivity index (χ0v) is 12.9. The van der Waals surface area contributed by atoms with Gasteiger partial charge in [0, 0.05) is 4.47 Å². The summed E-state index contributed by atoms with van der Waals surface area (Å²) in [6, 6.07) is 4.05. The Labute approximate surface area is 120 Å². The Balaban J connectivity index is 2.78. The largest absolute Gasteiger partial charge is 0.449 e. The third-order valence-corrected chi connectivity index (χ3v) is 3.62. The molecule has 0 bridgehead atoms. The molecule has 0 spiro atoms. The van der Waals surface area contributed by atoms with Gasteiger partial charge >= 0.3 is 6.09 Å². The first-order valence-electron chi connectivity index (χ1n) is 5.46. The third-order valence-electron chi connectivity index (χ3n) is 2.05. The maximum absolute atomic E-state index is 11.5. The van der Waals surface area contributed by atoms with Gasteiger partial charge in [-0.05, 0) is 40.0 Å². The molecule has 1 aromatic carbocycles. The highest BCUT2D eigenvalue weighted by Gasteiger charge is 2.12. The summed E-state index contributed by atoms with van der Waals surface area (Å²) >= 11 is 3.16. The van der Waals surface area contributed by atoms with Crippen molar-refractivity contribution in [2.45, 2.75) is 18.7 Å². The Kier molecular flexibility index (Phi) is 5.33. The van der Waals surface area contributed by atoms with Crippen molar-refractivity contribution < 1.29 is 17.9 Å². The Hall–Kier alpha value is -1.12. The first kappa shape index (κ1) is 15.9. The van der Waals surface area contributed by atoms with Crippen molar-refractivity contribution in [3.63, 3.8) is 0 Å². The minimum atomic E-state index is -3.77. The van der Waals surface area contributed by atoms with E-state index in [0.29, 0.717) is 16.8 Å². The molecule has 3 N–H and O–H groups in total. The summed E-state index contributed by atoms with van der Waals surface area (Å²) in [6.07, 6.45) is -0.599. The van der Waals surface area contributed by atoms with E-state index in [0.717, 1.165) is 0 Å². The van der Waals surface area contributed by atoms with Crippen LogP contribution in [-0.4, -0.2) is 21.1 Å². The van der Waals surface area contributed by atoms with Crippen molar-refractivity contribution in [3.8, 4) is 0 Å². The van der Waals surface area contributed by atoms with Gasteiger partial charge in [-0.1, -0.05) is 13.8 Å². The van der Waals surface area contributed by atoms with Crippen molar-refractivity contribution in [1.82, 2.24) is 0 Å². The lowest BCUT2D eigenvalue weighted by Crippen LogP contribution is -2.17. The smallest absolute Gasteiger partial charge is 0.411 e. The minimum Gasteiger partial charge on any atom is -0.449 e. The van der Waals surface area contributed by atoms with Gasteiger partial charge in [0.15, 0.2) is 0 Å². The van der Waals surface area contributed by atoms with Crippen LogP contribution < -0.4 is 10.5 Å². The first-order valence-corrected chi connectivity index (χ1v) is 7.80. The second kappa shape index (κ2) is 6.36. The van der Waals surface area contributed by atoms with E-state index < -0.39 is 16.1 Å². The lowest BCUT2D eigenvalue weighted by Gasteiger charge is -2.10. The molecule has 0 radical (unpaired) electrons. The van der Waals surface area contributed by atoms with Gasteiger partial charge in [-0.3, -0.25) is 5.32 Å². The molecule has 1 amide bonds. The van der Waals surface area contributed by atoms with Gasteiger partial charge in [-0.2, -0.15) is 0 Å². The third kappa shape index (κ3) is 5.17. The molecule has 0 atom stereocenters. The number of ether oxygens (including phenoxy) is 1. The number of sulfonamides is 1. The number of primary sulfonamides is 1. The number of benzene rings is 1. The predicted molar refractivity (Wildman–Crippen MR) is 75.3 cm³/mol. The topological polar surface area (TPSA) is 98.5 Å². The molecule has 8 heteroatoms. The van der Waals surface area contributed by atoms with Gasteiger partial charge in [-0.15, -0.1) is 0 Å². The average molecular weight is 351 g/mol. The molecule has 0 aromatic heterocycles. The summed E-state index contributed by atoms with van der Waals surface area (Å²) in [7, 11) is -3.77. The number of amides is 1. The van der Waals surface area contributed by atoms with E-state index in [1.165, 1.54) is 18.2 Å². The van der Waals surface area contributed by atoms with E-state index in [9.17, 15) is 13.2 Å². The molecule has 0 saturated carbocycles. The number of hydrogen-bond acceptors (Lipinski definition) is 4. The summed E-state index contributed by atoms with van der Waals surface area (Å²) in [4.78, 5) is 11.4. The number of nitrogens with one attached hydrogen (secondary N) is 1. The zero-order chi connectivity index (χ0) is 14.6. The van der Waals surface area contributed by atoms with Gasteiger partial charge in [0.25, 0.3) is 0 Å². The fraction of sp³-hybridized carbons (Fsp3) is 0.364. The number of halogens is 1. The minimum absolute atomic E-state index is 0.0412. The van der Waals surface area contributed by atoms with Crippen molar-refractivity contribution in [1.29, 1.82) is 0 Å². The van der Waals surface area contributed by atoms with E-state index in [-0.39, 0.29) is 10.8 Å². The molecule has 0 aliphatic heterocycles. The number of carbonyl (C=O) groups excluding carboxylic acids is 1. The molecule has 0 aliphatic carbocycles.